The van der Waals surface area contributed by atoms with Gasteiger partial charge in [0.1, 0.15) is 0 Å². The molecule has 1 aliphatic heterocycles. The minimum absolute atomic E-state index is 0.116. The fourth-order valence-corrected chi connectivity index (χ4v) is 0.474. The number of carbonyl (C=O) groups excluding carboxylic acids is 1. The minimum atomic E-state index is -0.375. The maximum Gasteiger partial charge on any atom is 0.367 e. The Morgan fingerprint density at radius 2 is 1.69 bits per heavy atom. The molecule has 0 saturated carbocycles. The van der Waals surface area contributed by atoms with Gasteiger partial charge in [0.05, 0.1) is 11.4 Å². The quantitative estimate of drug-likeness (QED) is 0.284. The number of carbonyl (C=O) groups is 1. The van der Waals surface area contributed by atoms with Crippen molar-refractivity contribution in [1.82, 2.24) is 5.43 Å². The minimum Gasteiger partial charge on any atom is -0.375 e. The van der Waals surface area contributed by atoms with Crippen molar-refractivity contribution in [3.05, 3.63) is 0 Å². The Labute approximate surface area is 81.1 Å². The first kappa shape index (κ1) is 11.7. The zero-order valence-electron chi connectivity index (χ0n) is 7.37. The van der Waals surface area contributed by atoms with Gasteiger partial charge < -0.3 is 11.2 Å². The summed E-state index contributed by atoms with van der Waals surface area (Å²) >= 11 is 4.24. The molecular formula is C6H11N5OS. The SMILES string of the molecule is CC1=NC(=O)N=C1C.NNC(N)=S. The van der Waals surface area contributed by atoms with Crippen LogP contribution in [0.1, 0.15) is 13.8 Å². The Hall–Kier alpha value is -1.34. The highest BCUT2D eigenvalue weighted by molar-refractivity contribution is 7.80. The summed E-state index contributed by atoms with van der Waals surface area (Å²) in [6.07, 6.45) is 0. The summed E-state index contributed by atoms with van der Waals surface area (Å²) in [7, 11) is 0. The molecule has 0 atom stereocenters. The van der Waals surface area contributed by atoms with Crippen LogP contribution in [-0.2, 0) is 0 Å². The number of amides is 2. The van der Waals surface area contributed by atoms with E-state index < -0.39 is 0 Å². The predicted octanol–water partition coefficient (Wildman–Crippen LogP) is -0.265. The Kier molecular flexibility index (Phi) is 4.78. The summed E-state index contributed by atoms with van der Waals surface area (Å²) < 4.78 is 0. The van der Waals surface area contributed by atoms with E-state index in [2.05, 4.69) is 28.0 Å². The van der Waals surface area contributed by atoms with E-state index in [9.17, 15) is 4.79 Å². The first-order valence-electron chi connectivity index (χ1n) is 3.38. The van der Waals surface area contributed by atoms with E-state index in [-0.39, 0.29) is 11.1 Å². The van der Waals surface area contributed by atoms with Crippen LogP contribution < -0.4 is 17.0 Å². The van der Waals surface area contributed by atoms with Gasteiger partial charge >= 0.3 is 6.03 Å². The second-order valence-electron chi connectivity index (χ2n) is 2.19. The molecule has 1 heterocycles. The summed E-state index contributed by atoms with van der Waals surface area (Å²) in [5, 5.41) is 0.116. The van der Waals surface area contributed by atoms with Crippen molar-refractivity contribution < 1.29 is 4.79 Å². The summed E-state index contributed by atoms with van der Waals surface area (Å²) in [6.45, 7) is 3.54. The number of aliphatic imine (C=N–C) groups is 2. The molecule has 0 bridgehead atoms. The van der Waals surface area contributed by atoms with Gasteiger partial charge in [-0.1, -0.05) is 0 Å². The molecule has 1 rings (SSSR count). The topological polar surface area (TPSA) is 106 Å². The molecule has 0 radical (unpaired) electrons. The van der Waals surface area contributed by atoms with E-state index in [0.29, 0.717) is 0 Å². The standard InChI is InChI=1S/C5H6N2O.CH5N3S/c1-3-4(2)7-5(8)6-3;2-1(5)4-3/h1-2H3;3H2,(H3,2,4,5). The predicted molar refractivity (Wildman–Crippen MR) is 55.7 cm³/mol. The molecule has 0 fully saturated rings. The average molecular weight is 201 g/mol. The largest absolute Gasteiger partial charge is 0.375 e. The van der Waals surface area contributed by atoms with Crippen molar-refractivity contribution in [3.63, 3.8) is 0 Å². The number of nitrogens with zero attached hydrogens (tertiary/aromatic N) is 2. The summed E-state index contributed by atoms with van der Waals surface area (Å²) in [5.41, 5.74) is 8.29. The number of thiocarbonyl (C=S) groups is 1. The highest BCUT2D eigenvalue weighted by Crippen LogP contribution is 1.97. The first-order chi connectivity index (χ1) is 5.97. The van der Waals surface area contributed by atoms with Gasteiger partial charge in [0.2, 0.25) is 0 Å². The van der Waals surface area contributed by atoms with Crippen LogP contribution in [-0.4, -0.2) is 22.6 Å². The third-order valence-corrected chi connectivity index (χ3v) is 1.31. The number of hydrogen-bond acceptors (Lipinski definition) is 3. The van der Waals surface area contributed by atoms with Gasteiger partial charge in [-0.05, 0) is 26.1 Å². The van der Waals surface area contributed by atoms with E-state index in [1.54, 1.807) is 13.8 Å². The van der Waals surface area contributed by atoms with Crippen molar-refractivity contribution in [1.29, 1.82) is 0 Å². The smallest absolute Gasteiger partial charge is 0.367 e. The van der Waals surface area contributed by atoms with E-state index in [4.69, 9.17) is 5.73 Å². The monoisotopic (exact) mass is 201 g/mol. The third-order valence-electron chi connectivity index (χ3n) is 1.19. The van der Waals surface area contributed by atoms with Gasteiger partial charge in [0.25, 0.3) is 0 Å². The Balaban J connectivity index is 0.000000252. The van der Waals surface area contributed by atoms with Crippen molar-refractivity contribution in [2.75, 3.05) is 0 Å². The van der Waals surface area contributed by atoms with E-state index in [1.165, 1.54) is 0 Å². The second-order valence-corrected chi connectivity index (χ2v) is 2.63. The van der Waals surface area contributed by atoms with Gasteiger partial charge in [-0.25, -0.2) is 10.6 Å². The van der Waals surface area contributed by atoms with Crippen LogP contribution in [0.2, 0.25) is 0 Å². The summed E-state index contributed by atoms with van der Waals surface area (Å²) in [4.78, 5) is 17.4. The summed E-state index contributed by atoms with van der Waals surface area (Å²) in [5.74, 6) is 4.66. The van der Waals surface area contributed by atoms with Crippen LogP contribution in [0.25, 0.3) is 0 Å². The lowest BCUT2D eigenvalue weighted by molar-refractivity contribution is 0.257. The van der Waals surface area contributed by atoms with Crippen LogP contribution >= 0.6 is 12.2 Å². The average Bonchev–Trinajstić information content (AvgIpc) is 2.31. The van der Waals surface area contributed by atoms with Crippen molar-refractivity contribution in [2.24, 2.45) is 21.6 Å². The highest BCUT2D eigenvalue weighted by Gasteiger charge is 2.08. The molecule has 0 spiro atoms. The number of rotatable bonds is 0. The number of hydrazine groups is 1. The van der Waals surface area contributed by atoms with Gasteiger partial charge in [0, 0.05) is 0 Å². The molecule has 2 amide bonds. The third kappa shape index (κ3) is 4.99. The maximum atomic E-state index is 10.3. The van der Waals surface area contributed by atoms with Gasteiger partial charge in [-0.15, -0.1) is 0 Å². The Morgan fingerprint density at radius 3 is 1.77 bits per heavy atom. The Morgan fingerprint density at radius 1 is 1.38 bits per heavy atom. The lowest BCUT2D eigenvalue weighted by Crippen LogP contribution is -2.34. The molecule has 0 aromatic carbocycles. The lowest BCUT2D eigenvalue weighted by Gasteiger charge is -1.85. The van der Waals surface area contributed by atoms with E-state index in [0.717, 1.165) is 11.4 Å². The summed E-state index contributed by atoms with van der Waals surface area (Å²) in [6, 6.07) is -0.375. The molecule has 0 aliphatic carbocycles. The van der Waals surface area contributed by atoms with Crippen LogP contribution in [0.3, 0.4) is 0 Å². The molecule has 13 heavy (non-hydrogen) atoms. The van der Waals surface area contributed by atoms with E-state index in [1.807, 2.05) is 5.43 Å². The molecule has 0 saturated heterocycles. The molecule has 72 valence electrons. The van der Waals surface area contributed by atoms with Crippen LogP contribution in [0.15, 0.2) is 9.98 Å². The number of urea groups is 1. The highest BCUT2D eigenvalue weighted by atomic mass is 32.1. The fourth-order valence-electron chi connectivity index (χ4n) is 0.474. The van der Waals surface area contributed by atoms with E-state index >= 15 is 0 Å². The van der Waals surface area contributed by atoms with Gasteiger partial charge in [-0.2, -0.15) is 9.98 Å². The molecule has 0 aromatic heterocycles. The van der Waals surface area contributed by atoms with Crippen molar-refractivity contribution in [2.45, 2.75) is 13.8 Å². The molecule has 7 heteroatoms. The van der Waals surface area contributed by atoms with Crippen LogP contribution in [0, 0.1) is 0 Å². The first-order valence-corrected chi connectivity index (χ1v) is 3.79. The molecule has 0 unspecified atom stereocenters. The zero-order valence-corrected chi connectivity index (χ0v) is 8.18. The zero-order chi connectivity index (χ0) is 10.4. The molecule has 6 nitrogen and oxygen atoms in total. The molecular weight excluding hydrogens is 190 g/mol. The molecule has 1 aliphatic rings. The molecule has 5 N–H and O–H groups in total. The normalized spacial score (nSPS) is 13.9. The number of nitrogens with two attached hydrogens (primary N) is 2. The maximum absolute atomic E-state index is 10.3. The second kappa shape index (κ2) is 5.33. The lowest BCUT2D eigenvalue weighted by atomic mass is 10.3. The molecule has 0 aromatic rings. The van der Waals surface area contributed by atoms with Crippen molar-refractivity contribution in [3.8, 4) is 0 Å². The van der Waals surface area contributed by atoms with Gasteiger partial charge in [0.15, 0.2) is 5.11 Å². The number of nitrogens with one attached hydrogen (secondary N) is 1. The van der Waals surface area contributed by atoms with Crippen LogP contribution in [0.4, 0.5) is 4.79 Å². The van der Waals surface area contributed by atoms with Crippen LogP contribution in [0.5, 0.6) is 0 Å². The number of hydrogen-bond donors (Lipinski definition) is 3. The Bertz CT molecular complexity index is 263. The fraction of sp³-hybridized carbons (Fsp3) is 0.333. The van der Waals surface area contributed by atoms with Crippen molar-refractivity contribution >= 4 is 34.8 Å². The van der Waals surface area contributed by atoms with Gasteiger partial charge in [-0.3, -0.25) is 0 Å².